The van der Waals surface area contributed by atoms with Gasteiger partial charge in [-0.15, -0.1) is 0 Å². The van der Waals surface area contributed by atoms with Crippen LogP contribution in [0.4, 0.5) is 0 Å². The van der Waals surface area contributed by atoms with Crippen LogP contribution in [0, 0.1) is 6.92 Å². The lowest BCUT2D eigenvalue weighted by Crippen LogP contribution is -2.33. The third kappa shape index (κ3) is 3.94. The van der Waals surface area contributed by atoms with Crippen molar-refractivity contribution >= 4 is 23.5 Å². The van der Waals surface area contributed by atoms with Gasteiger partial charge in [-0.3, -0.25) is 14.7 Å². The van der Waals surface area contributed by atoms with E-state index in [4.69, 9.17) is 21.1 Å². The first kappa shape index (κ1) is 19.8. The van der Waals surface area contributed by atoms with E-state index in [1.807, 2.05) is 55.5 Å². The van der Waals surface area contributed by atoms with Gasteiger partial charge in [0.15, 0.2) is 5.76 Å². The van der Waals surface area contributed by atoms with E-state index in [9.17, 15) is 4.79 Å². The average molecular weight is 433 g/mol. The number of ether oxygens (including phenoxy) is 2. The third-order valence-electron chi connectivity index (χ3n) is 5.58. The van der Waals surface area contributed by atoms with Crippen molar-refractivity contribution in [3.8, 4) is 11.5 Å². The van der Waals surface area contributed by atoms with Gasteiger partial charge in [-0.2, -0.15) is 0 Å². The number of pyridine rings is 1. The Balaban J connectivity index is 1.39. The predicted octanol–water partition coefficient (Wildman–Crippen LogP) is 5.05. The molecule has 3 heterocycles. The Labute approximate surface area is 185 Å². The number of benzene rings is 2. The van der Waals surface area contributed by atoms with E-state index < -0.39 is 0 Å². The van der Waals surface area contributed by atoms with E-state index in [0.717, 1.165) is 34.9 Å². The van der Waals surface area contributed by atoms with Gasteiger partial charge in [0.1, 0.15) is 18.2 Å². The van der Waals surface area contributed by atoms with E-state index >= 15 is 0 Å². The zero-order chi connectivity index (χ0) is 21.4. The summed E-state index contributed by atoms with van der Waals surface area (Å²) in [6.45, 7) is 3.91. The molecule has 0 saturated carbocycles. The van der Waals surface area contributed by atoms with Gasteiger partial charge < -0.3 is 9.47 Å². The summed E-state index contributed by atoms with van der Waals surface area (Å²) < 4.78 is 12.1. The topological polar surface area (TPSA) is 51.7 Å². The monoisotopic (exact) mass is 432 g/mol. The zero-order valence-electron chi connectivity index (χ0n) is 17.1. The summed E-state index contributed by atoms with van der Waals surface area (Å²) in [7, 11) is 0. The Bertz CT molecular complexity index is 1170. The van der Waals surface area contributed by atoms with Crippen LogP contribution < -0.4 is 9.47 Å². The highest BCUT2D eigenvalue weighted by molar-refractivity contribution is 6.30. The Hall–Kier alpha value is -3.15. The number of Topliss-reactive ketones (excluding diaryl/α,β-unsaturated/α-hetero) is 1. The van der Waals surface area contributed by atoms with Gasteiger partial charge in [0.25, 0.3) is 0 Å². The maximum atomic E-state index is 13.0. The highest BCUT2D eigenvalue weighted by Gasteiger charge is 2.35. The molecule has 0 fully saturated rings. The standard InChI is InChI=1S/C25H21ClN2O3/c1-16-12-21-20(14-28(15-30-21)11-9-17-5-7-18(26)8-6-17)25-23(16)24(29)22(31-25)13-19-4-2-3-10-27-19/h2-8,10,12-13H,9,11,14-15H2,1H3/b22-13+. The van der Waals surface area contributed by atoms with Crippen LogP contribution in [0.1, 0.15) is 32.7 Å². The molecule has 1 aromatic heterocycles. The van der Waals surface area contributed by atoms with Crippen LogP contribution >= 0.6 is 11.6 Å². The minimum atomic E-state index is -0.112. The molecule has 6 heteroatoms. The third-order valence-corrected chi connectivity index (χ3v) is 5.84. The number of aromatic nitrogens is 1. The van der Waals surface area contributed by atoms with Gasteiger partial charge in [-0.05, 0) is 54.8 Å². The quantitative estimate of drug-likeness (QED) is 0.540. The number of rotatable bonds is 4. The molecule has 5 nitrogen and oxygen atoms in total. The number of hydrogen-bond acceptors (Lipinski definition) is 5. The van der Waals surface area contributed by atoms with Crippen LogP contribution in [0.15, 0.2) is 60.5 Å². The summed E-state index contributed by atoms with van der Waals surface area (Å²) >= 11 is 5.98. The number of nitrogens with zero attached hydrogens (tertiary/aromatic N) is 2. The van der Waals surface area contributed by atoms with Crippen molar-refractivity contribution in [2.24, 2.45) is 0 Å². The molecule has 0 atom stereocenters. The molecule has 2 aliphatic rings. The van der Waals surface area contributed by atoms with Gasteiger partial charge in [0.2, 0.25) is 5.78 Å². The maximum absolute atomic E-state index is 13.0. The Morgan fingerprint density at radius 2 is 2.03 bits per heavy atom. The SMILES string of the molecule is Cc1cc2c(c3c1C(=O)/C(=C\c1ccccn1)O3)CN(CCc1ccc(Cl)cc1)CO2. The molecule has 5 rings (SSSR count). The van der Waals surface area contributed by atoms with Crippen molar-refractivity contribution in [1.82, 2.24) is 9.88 Å². The summed E-state index contributed by atoms with van der Waals surface area (Å²) in [4.78, 5) is 19.5. The van der Waals surface area contributed by atoms with Gasteiger partial charge in [-0.1, -0.05) is 29.8 Å². The van der Waals surface area contributed by atoms with E-state index in [0.29, 0.717) is 36.0 Å². The van der Waals surface area contributed by atoms with Crippen LogP contribution in [-0.4, -0.2) is 28.9 Å². The molecule has 0 aliphatic carbocycles. The van der Waals surface area contributed by atoms with Crippen molar-refractivity contribution in [3.05, 3.63) is 93.5 Å². The van der Waals surface area contributed by atoms with Crippen LogP contribution in [0.25, 0.3) is 6.08 Å². The molecule has 0 N–H and O–H groups in total. The molecule has 2 aromatic carbocycles. The smallest absolute Gasteiger partial charge is 0.232 e. The molecule has 156 valence electrons. The first-order chi connectivity index (χ1) is 15.1. The molecule has 0 bridgehead atoms. The Kier molecular flexibility index (Phi) is 5.22. The number of carbonyl (C=O) groups excluding carboxylic acids is 1. The molecule has 31 heavy (non-hydrogen) atoms. The molecule has 2 aliphatic heterocycles. The first-order valence-corrected chi connectivity index (χ1v) is 10.6. The lowest BCUT2D eigenvalue weighted by atomic mass is 9.98. The van der Waals surface area contributed by atoms with E-state index in [1.165, 1.54) is 5.56 Å². The van der Waals surface area contributed by atoms with Crippen molar-refractivity contribution in [1.29, 1.82) is 0 Å². The summed E-state index contributed by atoms with van der Waals surface area (Å²) in [5.41, 5.74) is 4.30. The Morgan fingerprint density at radius 1 is 1.19 bits per heavy atom. The molecular formula is C25H21ClN2O3. The number of halogens is 1. The van der Waals surface area contributed by atoms with Crippen LogP contribution in [0.3, 0.4) is 0 Å². The molecule has 0 spiro atoms. The second-order valence-electron chi connectivity index (χ2n) is 7.77. The minimum absolute atomic E-state index is 0.112. The van der Waals surface area contributed by atoms with Gasteiger partial charge in [-0.25, -0.2) is 0 Å². The van der Waals surface area contributed by atoms with Gasteiger partial charge >= 0.3 is 0 Å². The fourth-order valence-corrected chi connectivity index (χ4v) is 4.08. The van der Waals surface area contributed by atoms with E-state index in [-0.39, 0.29) is 5.78 Å². The van der Waals surface area contributed by atoms with Crippen LogP contribution in [0.5, 0.6) is 11.5 Å². The van der Waals surface area contributed by atoms with Gasteiger partial charge in [0, 0.05) is 30.4 Å². The number of aryl methyl sites for hydroxylation is 1. The maximum Gasteiger partial charge on any atom is 0.232 e. The van der Waals surface area contributed by atoms with Crippen LogP contribution in [-0.2, 0) is 13.0 Å². The van der Waals surface area contributed by atoms with Crippen molar-refractivity contribution in [3.63, 3.8) is 0 Å². The molecule has 0 radical (unpaired) electrons. The van der Waals surface area contributed by atoms with Gasteiger partial charge in [0.05, 0.1) is 16.8 Å². The average Bonchev–Trinajstić information content (AvgIpc) is 3.11. The first-order valence-electron chi connectivity index (χ1n) is 10.2. The Morgan fingerprint density at radius 3 is 2.81 bits per heavy atom. The number of fused-ring (bicyclic) bond motifs is 3. The summed E-state index contributed by atoms with van der Waals surface area (Å²) in [6.07, 6.45) is 4.27. The number of ketones is 1. The highest BCUT2D eigenvalue weighted by Crippen LogP contribution is 2.44. The number of carbonyl (C=O) groups is 1. The molecule has 3 aromatic rings. The van der Waals surface area contributed by atoms with Crippen LogP contribution in [0.2, 0.25) is 5.02 Å². The number of allylic oxidation sites excluding steroid dienone is 1. The van der Waals surface area contributed by atoms with Crippen molar-refractivity contribution < 1.29 is 14.3 Å². The summed E-state index contributed by atoms with van der Waals surface area (Å²) in [5, 5.41) is 0.737. The summed E-state index contributed by atoms with van der Waals surface area (Å²) in [6, 6.07) is 15.4. The molecule has 0 amide bonds. The van der Waals surface area contributed by atoms with Crippen molar-refractivity contribution in [2.75, 3.05) is 13.3 Å². The summed E-state index contributed by atoms with van der Waals surface area (Å²) in [5.74, 6) is 1.58. The largest absolute Gasteiger partial charge is 0.478 e. The lowest BCUT2D eigenvalue weighted by Gasteiger charge is -2.30. The highest BCUT2D eigenvalue weighted by atomic mass is 35.5. The fourth-order valence-electron chi connectivity index (χ4n) is 3.95. The molecular weight excluding hydrogens is 412 g/mol. The molecule has 0 unspecified atom stereocenters. The van der Waals surface area contributed by atoms with E-state index in [1.54, 1.807) is 12.3 Å². The predicted molar refractivity (Wildman–Crippen MR) is 119 cm³/mol. The minimum Gasteiger partial charge on any atom is -0.478 e. The lowest BCUT2D eigenvalue weighted by molar-refractivity contribution is 0.0949. The second-order valence-corrected chi connectivity index (χ2v) is 8.21. The fraction of sp³-hybridized carbons (Fsp3) is 0.200. The van der Waals surface area contributed by atoms with E-state index in [2.05, 4.69) is 9.88 Å². The number of hydrogen-bond donors (Lipinski definition) is 0. The second kappa shape index (κ2) is 8.17. The molecule has 0 saturated heterocycles. The zero-order valence-corrected chi connectivity index (χ0v) is 17.9. The normalized spacial score (nSPS) is 16.6. The van der Waals surface area contributed by atoms with Crippen molar-refractivity contribution in [2.45, 2.75) is 19.9 Å².